The molecule has 0 N–H and O–H groups in total. The van der Waals surface area contributed by atoms with Crippen LogP contribution in [0.5, 0.6) is 5.75 Å². The Bertz CT molecular complexity index is 1020. The zero-order chi connectivity index (χ0) is 21.8. The van der Waals surface area contributed by atoms with E-state index in [9.17, 15) is 4.79 Å². The molecular formula is C29H31NO2. The third kappa shape index (κ3) is 4.78. The van der Waals surface area contributed by atoms with Crippen LogP contribution < -0.4 is 4.74 Å². The van der Waals surface area contributed by atoms with Gasteiger partial charge in [0.1, 0.15) is 12.4 Å². The average molecular weight is 426 g/mol. The van der Waals surface area contributed by atoms with Crippen LogP contribution in [0.4, 0.5) is 0 Å². The molecule has 164 valence electrons. The Morgan fingerprint density at radius 1 is 0.812 bits per heavy atom. The minimum absolute atomic E-state index is 0.113. The molecule has 0 aliphatic carbocycles. The Hall–Kier alpha value is -2.91. The summed E-state index contributed by atoms with van der Waals surface area (Å²) in [5.74, 6) is 1.16. The van der Waals surface area contributed by atoms with Crippen molar-refractivity contribution in [1.82, 2.24) is 4.90 Å². The molecule has 32 heavy (non-hydrogen) atoms. The summed E-state index contributed by atoms with van der Waals surface area (Å²) in [5.41, 5.74) is 3.29. The molecule has 2 aliphatic rings. The first-order chi connectivity index (χ1) is 15.8. The highest BCUT2D eigenvalue weighted by atomic mass is 16.5. The molecule has 5 rings (SSSR count). The molecule has 0 radical (unpaired) electrons. The molecule has 3 aromatic carbocycles. The van der Waals surface area contributed by atoms with Gasteiger partial charge in [0, 0.05) is 30.1 Å². The van der Waals surface area contributed by atoms with E-state index in [1.165, 1.54) is 24.8 Å². The van der Waals surface area contributed by atoms with Gasteiger partial charge in [-0.3, -0.25) is 9.69 Å². The number of rotatable bonds is 7. The highest BCUT2D eigenvalue weighted by Gasteiger charge is 2.40. The summed E-state index contributed by atoms with van der Waals surface area (Å²) in [6, 6.07) is 29.7. The van der Waals surface area contributed by atoms with E-state index in [0.717, 1.165) is 36.3 Å². The van der Waals surface area contributed by atoms with Crippen molar-refractivity contribution in [3.05, 3.63) is 102 Å². The quantitative estimate of drug-likeness (QED) is 0.417. The zero-order valence-corrected chi connectivity index (χ0v) is 18.5. The number of ether oxygens (including phenoxy) is 1. The predicted molar refractivity (Wildman–Crippen MR) is 128 cm³/mol. The molecule has 0 amide bonds. The minimum Gasteiger partial charge on any atom is -0.489 e. The highest BCUT2D eigenvalue weighted by molar-refractivity contribution is 5.98. The average Bonchev–Trinajstić information content (AvgIpc) is 2.84. The Balaban J connectivity index is 1.25. The number of hydrogen-bond acceptors (Lipinski definition) is 3. The summed E-state index contributed by atoms with van der Waals surface area (Å²) in [6.45, 7) is 1.51. The van der Waals surface area contributed by atoms with Crippen molar-refractivity contribution >= 4 is 5.78 Å². The molecule has 2 aliphatic heterocycles. The fourth-order valence-corrected chi connectivity index (χ4v) is 5.46. The van der Waals surface area contributed by atoms with E-state index in [4.69, 9.17) is 4.74 Å². The van der Waals surface area contributed by atoms with E-state index in [1.54, 1.807) is 0 Å². The van der Waals surface area contributed by atoms with Gasteiger partial charge in [-0.25, -0.2) is 0 Å². The molecule has 0 spiro atoms. The minimum atomic E-state index is 0.113. The standard InChI is InChI=1S/C29H31NO2/c31-29(24-13-7-16-28(19-24)32-21-23-11-5-2-6-12-23)25-17-26-14-8-15-27(18-25)30(26)20-22-9-3-1-4-10-22/h1-7,9-13,16,19,25-27H,8,14-15,17-18,20-21H2. The van der Waals surface area contributed by atoms with Crippen LogP contribution >= 0.6 is 0 Å². The van der Waals surface area contributed by atoms with Crippen LogP contribution in [0.1, 0.15) is 53.6 Å². The second-order valence-corrected chi connectivity index (χ2v) is 9.23. The Morgan fingerprint density at radius 3 is 2.16 bits per heavy atom. The Kier molecular flexibility index (Phi) is 6.36. The van der Waals surface area contributed by atoms with Crippen molar-refractivity contribution in [2.45, 2.75) is 57.3 Å². The SMILES string of the molecule is O=C(c1cccc(OCc2ccccc2)c1)C1CC2CCCC(C1)N2Cc1ccccc1. The summed E-state index contributed by atoms with van der Waals surface area (Å²) in [4.78, 5) is 16.1. The monoisotopic (exact) mass is 425 g/mol. The van der Waals surface area contributed by atoms with Gasteiger partial charge in [0.15, 0.2) is 5.78 Å². The first-order valence-corrected chi connectivity index (χ1v) is 11.9. The normalized spacial score (nSPS) is 22.9. The fourth-order valence-electron chi connectivity index (χ4n) is 5.46. The van der Waals surface area contributed by atoms with Gasteiger partial charge in [0.05, 0.1) is 0 Å². The van der Waals surface area contributed by atoms with Gasteiger partial charge >= 0.3 is 0 Å². The summed E-state index contributed by atoms with van der Waals surface area (Å²) in [5, 5.41) is 0. The van der Waals surface area contributed by atoms with Crippen molar-refractivity contribution in [1.29, 1.82) is 0 Å². The molecule has 2 saturated heterocycles. The Labute approximate surface area is 191 Å². The van der Waals surface area contributed by atoms with Gasteiger partial charge in [-0.2, -0.15) is 0 Å². The molecular weight excluding hydrogens is 394 g/mol. The van der Waals surface area contributed by atoms with Crippen molar-refractivity contribution in [3.63, 3.8) is 0 Å². The number of hydrogen-bond donors (Lipinski definition) is 0. The number of benzene rings is 3. The van der Waals surface area contributed by atoms with E-state index in [-0.39, 0.29) is 11.7 Å². The smallest absolute Gasteiger partial charge is 0.166 e. The highest BCUT2D eigenvalue weighted by Crippen LogP contribution is 2.39. The summed E-state index contributed by atoms with van der Waals surface area (Å²) in [6.07, 6.45) is 5.62. The molecule has 2 unspecified atom stereocenters. The van der Waals surface area contributed by atoms with Crippen molar-refractivity contribution in [2.75, 3.05) is 0 Å². The lowest BCUT2D eigenvalue weighted by atomic mass is 9.75. The first-order valence-electron chi connectivity index (χ1n) is 11.9. The molecule has 0 saturated carbocycles. The largest absolute Gasteiger partial charge is 0.489 e. The van der Waals surface area contributed by atoms with Gasteiger partial charge < -0.3 is 4.74 Å². The number of carbonyl (C=O) groups excluding carboxylic acids is 1. The van der Waals surface area contributed by atoms with E-state index in [1.807, 2.05) is 42.5 Å². The lowest BCUT2D eigenvalue weighted by molar-refractivity contribution is 0.00905. The van der Waals surface area contributed by atoms with E-state index < -0.39 is 0 Å². The number of nitrogens with zero attached hydrogens (tertiary/aromatic N) is 1. The Morgan fingerprint density at radius 2 is 1.47 bits per heavy atom. The van der Waals surface area contributed by atoms with Crippen LogP contribution in [0.15, 0.2) is 84.9 Å². The molecule has 2 fully saturated rings. The topological polar surface area (TPSA) is 29.5 Å². The lowest BCUT2D eigenvalue weighted by Crippen LogP contribution is -2.52. The zero-order valence-electron chi connectivity index (χ0n) is 18.5. The van der Waals surface area contributed by atoms with Crippen LogP contribution in [0.3, 0.4) is 0 Å². The molecule has 2 atom stereocenters. The summed E-state index contributed by atoms with van der Waals surface area (Å²) < 4.78 is 5.97. The maximum Gasteiger partial charge on any atom is 0.166 e. The van der Waals surface area contributed by atoms with Crippen LogP contribution in [-0.4, -0.2) is 22.8 Å². The predicted octanol–water partition coefficient (Wildman–Crippen LogP) is 6.28. The van der Waals surface area contributed by atoms with Crippen LogP contribution in [-0.2, 0) is 13.2 Å². The second-order valence-electron chi connectivity index (χ2n) is 9.23. The molecule has 3 heteroatoms. The van der Waals surface area contributed by atoms with Crippen molar-refractivity contribution in [2.24, 2.45) is 5.92 Å². The number of fused-ring (bicyclic) bond motifs is 2. The van der Waals surface area contributed by atoms with E-state index >= 15 is 0 Å². The summed E-state index contributed by atoms with van der Waals surface area (Å²) >= 11 is 0. The van der Waals surface area contributed by atoms with Gasteiger partial charge in [0.25, 0.3) is 0 Å². The van der Waals surface area contributed by atoms with Gasteiger partial charge in [-0.1, -0.05) is 79.2 Å². The number of Topliss-reactive ketones (excluding diaryl/α,β-unsaturated/α-hetero) is 1. The fraction of sp³-hybridized carbons (Fsp3) is 0.345. The molecule has 3 nitrogen and oxygen atoms in total. The van der Waals surface area contributed by atoms with Crippen LogP contribution in [0.25, 0.3) is 0 Å². The first kappa shape index (κ1) is 21.0. The maximum absolute atomic E-state index is 13.4. The molecule has 2 heterocycles. The van der Waals surface area contributed by atoms with E-state index in [2.05, 4.69) is 47.4 Å². The van der Waals surface area contributed by atoms with Crippen molar-refractivity contribution < 1.29 is 9.53 Å². The molecule has 2 bridgehead atoms. The van der Waals surface area contributed by atoms with Crippen LogP contribution in [0, 0.1) is 5.92 Å². The van der Waals surface area contributed by atoms with Crippen molar-refractivity contribution in [3.8, 4) is 5.75 Å². The third-order valence-corrected chi connectivity index (χ3v) is 7.07. The molecule has 0 aromatic heterocycles. The third-order valence-electron chi connectivity index (χ3n) is 7.07. The number of carbonyl (C=O) groups is 1. The summed E-state index contributed by atoms with van der Waals surface area (Å²) in [7, 11) is 0. The van der Waals surface area contributed by atoms with E-state index in [0.29, 0.717) is 18.7 Å². The number of piperidine rings is 2. The lowest BCUT2D eigenvalue weighted by Gasteiger charge is -2.48. The molecule has 3 aromatic rings. The maximum atomic E-state index is 13.4. The van der Waals surface area contributed by atoms with Gasteiger partial charge in [-0.15, -0.1) is 0 Å². The van der Waals surface area contributed by atoms with Gasteiger partial charge in [-0.05, 0) is 48.9 Å². The second kappa shape index (κ2) is 9.70. The van der Waals surface area contributed by atoms with Crippen LogP contribution in [0.2, 0.25) is 0 Å². The number of ketones is 1. The van der Waals surface area contributed by atoms with Gasteiger partial charge in [0.2, 0.25) is 0 Å².